The second-order valence-electron chi connectivity index (χ2n) is 6.44. The second-order valence-corrected chi connectivity index (χ2v) is 7.29. The highest BCUT2D eigenvalue weighted by molar-refractivity contribution is 7.14. The van der Waals surface area contributed by atoms with Gasteiger partial charge in [-0.25, -0.2) is 4.98 Å². The largest absolute Gasteiger partial charge is 0.483 e. The van der Waals surface area contributed by atoms with Crippen molar-refractivity contribution < 1.29 is 9.53 Å². The van der Waals surface area contributed by atoms with Crippen LogP contribution >= 0.6 is 11.3 Å². The van der Waals surface area contributed by atoms with Crippen LogP contribution in [0.25, 0.3) is 11.3 Å². The topological polar surface area (TPSA) is 51.2 Å². The van der Waals surface area contributed by atoms with Gasteiger partial charge in [-0.15, -0.1) is 11.3 Å². The number of thiazole rings is 1. The minimum Gasteiger partial charge on any atom is -0.483 e. The van der Waals surface area contributed by atoms with E-state index in [1.165, 1.54) is 11.3 Å². The molecule has 0 aliphatic carbocycles. The van der Waals surface area contributed by atoms with Crippen molar-refractivity contribution in [2.45, 2.75) is 26.7 Å². The number of amides is 1. The molecule has 0 spiro atoms. The summed E-state index contributed by atoms with van der Waals surface area (Å²) >= 11 is 1.41. The van der Waals surface area contributed by atoms with Gasteiger partial charge in [0.2, 0.25) is 0 Å². The average molecular weight is 366 g/mol. The third-order valence-corrected chi connectivity index (χ3v) is 4.73. The van der Waals surface area contributed by atoms with Gasteiger partial charge in [0.15, 0.2) is 11.7 Å². The minimum atomic E-state index is -0.213. The van der Waals surface area contributed by atoms with Crippen LogP contribution in [0.3, 0.4) is 0 Å². The summed E-state index contributed by atoms with van der Waals surface area (Å²) in [6.07, 6.45) is 0. The Kier molecular flexibility index (Phi) is 5.68. The van der Waals surface area contributed by atoms with Gasteiger partial charge in [-0.2, -0.15) is 0 Å². The molecule has 0 radical (unpaired) electrons. The molecule has 0 unspecified atom stereocenters. The maximum absolute atomic E-state index is 12.2. The van der Waals surface area contributed by atoms with Crippen LogP contribution in [0.2, 0.25) is 0 Å². The third-order valence-electron chi connectivity index (χ3n) is 3.97. The number of carbonyl (C=O) groups excluding carboxylic acids is 1. The molecule has 4 nitrogen and oxygen atoms in total. The molecule has 1 heterocycles. The predicted octanol–water partition coefficient (Wildman–Crippen LogP) is 5.26. The minimum absolute atomic E-state index is 0.0383. The van der Waals surface area contributed by atoms with Crippen molar-refractivity contribution in [3.63, 3.8) is 0 Å². The first-order valence-corrected chi connectivity index (χ1v) is 9.45. The van der Waals surface area contributed by atoms with Crippen molar-refractivity contribution in [3.05, 3.63) is 65.0 Å². The van der Waals surface area contributed by atoms with E-state index in [4.69, 9.17) is 4.74 Å². The Bertz CT molecular complexity index is 888. The van der Waals surface area contributed by atoms with Gasteiger partial charge in [-0.1, -0.05) is 56.3 Å². The number of hydrogen-bond acceptors (Lipinski definition) is 4. The Hall–Kier alpha value is -2.66. The fourth-order valence-electron chi connectivity index (χ4n) is 2.61. The summed E-state index contributed by atoms with van der Waals surface area (Å²) < 4.78 is 5.77. The lowest BCUT2D eigenvalue weighted by Gasteiger charge is -2.14. The van der Waals surface area contributed by atoms with Crippen molar-refractivity contribution >= 4 is 22.4 Å². The van der Waals surface area contributed by atoms with Crippen LogP contribution < -0.4 is 10.1 Å². The fraction of sp³-hybridized carbons (Fsp3) is 0.238. The number of nitrogens with zero attached hydrogens (tertiary/aromatic N) is 1. The Morgan fingerprint density at radius 3 is 2.69 bits per heavy atom. The molecule has 0 saturated carbocycles. The molecule has 0 saturated heterocycles. The highest BCUT2D eigenvalue weighted by atomic mass is 32.1. The molecule has 1 N–H and O–H groups in total. The van der Waals surface area contributed by atoms with Crippen LogP contribution in [0.15, 0.2) is 53.9 Å². The second kappa shape index (κ2) is 8.15. The molecule has 0 aliphatic rings. The smallest absolute Gasteiger partial charge is 0.264 e. The van der Waals surface area contributed by atoms with E-state index in [9.17, 15) is 4.79 Å². The molecule has 0 aliphatic heterocycles. The number of anilines is 1. The highest BCUT2D eigenvalue weighted by Crippen LogP contribution is 2.28. The summed E-state index contributed by atoms with van der Waals surface area (Å²) in [7, 11) is 0. The van der Waals surface area contributed by atoms with Crippen molar-refractivity contribution in [1.82, 2.24) is 4.98 Å². The quantitative estimate of drug-likeness (QED) is 0.647. The summed E-state index contributed by atoms with van der Waals surface area (Å²) in [4.78, 5) is 16.7. The number of carbonyl (C=O) groups is 1. The molecule has 2 aromatic carbocycles. The SMILES string of the molecule is Cc1ccc(C(C)C)c(OCC(=O)Nc2nc(-c3ccccc3)cs2)c1. The van der Waals surface area contributed by atoms with Crippen molar-refractivity contribution in [3.8, 4) is 17.0 Å². The van der Waals surface area contributed by atoms with Crippen LogP contribution in [0.1, 0.15) is 30.9 Å². The highest BCUT2D eigenvalue weighted by Gasteiger charge is 2.12. The van der Waals surface area contributed by atoms with Gasteiger partial charge < -0.3 is 4.74 Å². The van der Waals surface area contributed by atoms with E-state index >= 15 is 0 Å². The molecule has 134 valence electrons. The van der Waals surface area contributed by atoms with Crippen LogP contribution in [0, 0.1) is 6.92 Å². The van der Waals surface area contributed by atoms with Gasteiger partial charge in [-0.3, -0.25) is 10.1 Å². The van der Waals surface area contributed by atoms with E-state index in [0.717, 1.165) is 28.1 Å². The fourth-order valence-corrected chi connectivity index (χ4v) is 3.35. The summed E-state index contributed by atoms with van der Waals surface area (Å²) in [5, 5.41) is 5.32. The van der Waals surface area contributed by atoms with Crippen molar-refractivity contribution in [2.75, 3.05) is 11.9 Å². The standard InChI is InChI=1S/C21H22N2O2S/c1-14(2)17-10-9-15(3)11-19(17)25-12-20(24)23-21-22-18(13-26-21)16-7-5-4-6-8-16/h4-11,13-14H,12H2,1-3H3,(H,22,23,24). The summed E-state index contributed by atoms with van der Waals surface area (Å²) in [5.74, 6) is 0.885. The summed E-state index contributed by atoms with van der Waals surface area (Å²) in [6.45, 7) is 6.19. The number of benzene rings is 2. The molecule has 26 heavy (non-hydrogen) atoms. The summed E-state index contributed by atoms with van der Waals surface area (Å²) in [6, 6.07) is 16.0. The lowest BCUT2D eigenvalue weighted by Crippen LogP contribution is -2.20. The monoisotopic (exact) mass is 366 g/mol. The Morgan fingerprint density at radius 2 is 1.96 bits per heavy atom. The molecule has 0 fully saturated rings. The normalized spacial score (nSPS) is 10.8. The molecular formula is C21H22N2O2S. The van der Waals surface area contributed by atoms with E-state index in [-0.39, 0.29) is 12.5 Å². The first kappa shape index (κ1) is 18.1. The number of ether oxygens (including phenoxy) is 1. The third kappa shape index (κ3) is 4.49. The zero-order chi connectivity index (χ0) is 18.5. The number of aryl methyl sites for hydroxylation is 1. The first-order chi connectivity index (χ1) is 12.5. The Balaban J connectivity index is 1.62. The van der Waals surface area contributed by atoms with E-state index < -0.39 is 0 Å². The maximum Gasteiger partial charge on any atom is 0.264 e. The van der Waals surface area contributed by atoms with Gasteiger partial charge >= 0.3 is 0 Å². The molecule has 5 heteroatoms. The van der Waals surface area contributed by atoms with E-state index in [1.54, 1.807) is 0 Å². The molecule has 1 amide bonds. The summed E-state index contributed by atoms with van der Waals surface area (Å²) in [5.41, 5.74) is 4.09. The average Bonchev–Trinajstić information content (AvgIpc) is 3.09. The van der Waals surface area contributed by atoms with Crippen molar-refractivity contribution in [2.24, 2.45) is 0 Å². The van der Waals surface area contributed by atoms with Gasteiger partial charge in [0, 0.05) is 10.9 Å². The van der Waals surface area contributed by atoms with Gasteiger partial charge in [0.1, 0.15) is 5.75 Å². The van der Waals surface area contributed by atoms with E-state index in [2.05, 4.69) is 36.3 Å². The zero-order valence-corrected chi connectivity index (χ0v) is 16.0. The van der Waals surface area contributed by atoms with Gasteiger partial charge in [0.05, 0.1) is 5.69 Å². The number of aromatic nitrogens is 1. The number of rotatable bonds is 6. The maximum atomic E-state index is 12.2. The predicted molar refractivity (Wildman–Crippen MR) is 107 cm³/mol. The van der Waals surface area contributed by atoms with E-state index in [0.29, 0.717) is 11.0 Å². The van der Waals surface area contributed by atoms with Crippen molar-refractivity contribution in [1.29, 1.82) is 0 Å². The van der Waals surface area contributed by atoms with Gasteiger partial charge in [-0.05, 0) is 30.0 Å². The Morgan fingerprint density at radius 1 is 1.19 bits per heavy atom. The van der Waals surface area contributed by atoms with Gasteiger partial charge in [0.25, 0.3) is 5.91 Å². The molecule has 0 bridgehead atoms. The number of nitrogens with one attached hydrogen (secondary N) is 1. The first-order valence-electron chi connectivity index (χ1n) is 8.57. The number of hydrogen-bond donors (Lipinski definition) is 1. The lowest BCUT2D eigenvalue weighted by molar-refractivity contribution is -0.118. The molecular weight excluding hydrogens is 344 g/mol. The molecule has 3 rings (SSSR count). The molecule has 3 aromatic rings. The molecule has 0 atom stereocenters. The zero-order valence-electron chi connectivity index (χ0n) is 15.2. The van der Waals surface area contributed by atoms with Crippen LogP contribution in [0.4, 0.5) is 5.13 Å². The Labute approximate surface area is 157 Å². The molecule has 1 aromatic heterocycles. The van der Waals surface area contributed by atoms with Crippen LogP contribution in [-0.4, -0.2) is 17.5 Å². The van der Waals surface area contributed by atoms with E-state index in [1.807, 2.05) is 48.7 Å². The van der Waals surface area contributed by atoms with Crippen LogP contribution in [0.5, 0.6) is 5.75 Å². The lowest BCUT2D eigenvalue weighted by atomic mass is 10.0. The van der Waals surface area contributed by atoms with Crippen LogP contribution in [-0.2, 0) is 4.79 Å².